The molecular formula is C19H20FNO4S. The lowest BCUT2D eigenvalue weighted by Crippen LogP contribution is -2.34. The average Bonchev–Trinajstić information content (AvgIpc) is 3.24. The van der Waals surface area contributed by atoms with E-state index in [0.29, 0.717) is 42.2 Å². The van der Waals surface area contributed by atoms with E-state index in [1.165, 1.54) is 30.4 Å². The van der Waals surface area contributed by atoms with Crippen molar-refractivity contribution in [3.05, 3.63) is 40.5 Å². The maximum absolute atomic E-state index is 14.1. The molecular weight excluding hydrogens is 357 g/mol. The first kappa shape index (κ1) is 18.5. The minimum absolute atomic E-state index is 0.0214. The number of benzene rings is 1. The summed E-state index contributed by atoms with van der Waals surface area (Å²) in [4.78, 5) is 24.6. The minimum Gasteiger partial charge on any atom is -0.487 e. The first-order valence-electron chi connectivity index (χ1n) is 8.33. The van der Waals surface area contributed by atoms with Crippen molar-refractivity contribution in [1.82, 2.24) is 5.32 Å². The molecule has 1 N–H and O–H groups in total. The molecule has 26 heavy (non-hydrogen) atoms. The van der Waals surface area contributed by atoms with Crippen LogP contribution in [0, 0.1) is 5.82 Å². The Balaban J connectivity index is 1.75. The second-order valence-electron chi connectivity index (χ2n) is 6.15. The molecule has 0 spiro atoms. The van der Waals surface area contributed by atoms with Gasteiger partial charge in [0.2, 0.25) is 5.91 Å². The molecule has 1 aromatic carbocycles. The lowest BCUT2D eigenvalue weighted by molar-refractivity contribution is -0.122. The number of nitrogens with one attached hydrogen (secondary N) is 1. The Labute approximate surface area is 155 Å². The fourth-order valence-electron chi connectivity index (χ4n) is 2.87. The standard InChI is InChI=1S/C19H20FNO4S/c1-11(22)16-3-4-17(26-16)15-9-13(20)7-12-8-14(25-19(12)15)10-21-18(23)5-6-24-2/h3-4,7,9,14H,5-6,8,10H2,1-2H3,(H,21,23)/t14-/m0/s1. The summed E-state index contributed by atoms with van der Waals surface area (Å²) in [6, 6.07) is 6.43. The van der Waals surface area contributed by atoms with Crippen LogP contribution in [0.1, 0.15) is 28.6 Å². The van der Waals surface area contributed by atoms with Gasteiger partial charge in [0.05, 0.1) is 18.0 Å². The van der Waals surface area contributed by atoms with E-state index in [1.807, 2.05) is 0 Å². The van der Waals surface area contributed by atoms with Crippen LogP contribution in [0.15, 0.2) is 24.3 Å². The number of ketones is 1. The van der Waals surface area contributed by atoms with Gasteiger partial charge in [-0.25, -0.2) is 4.39 Å². The third kappa shape index (κ3) is 4.11. The second kappa shape index (κ2) is 7.97. The minimum atomic E-state index is -0.343. The number of Topliss-reactive ketones (excluding diaryl/α,β-unsaturated/α-hetero) is 1. The number of hydrogen-bond donors (Lipinski definition) is 1. The van der Waals surface area contributed by atoms with Crippen LogP contribution in [0.4, 0.5) is 4.39 Å². The Morgan fingerprint density at radius 2 is 2.19 bits per heavy atom. The third-order valence-corrected chi connectivity index (χ3v) is 5.36. The Morgan fingerprint density at radius 1 is 1.38 bits per heavy atom. The Bertz CT molecular complexity index is 833. The van der Waals surface area contributed by atoms with E-state index in [9.17, 15) is 14.0 Å². The van der Waals surface area contributed by atoms with Gasteiger partial charge in [-0.15, -0.1) is 11.3 Å². The lowest BCUT2D eigenvalue weighted by atomic mass is 10.0. The number of rotatable bonds is 7. The summed E-state index contributed by atoms with van der Waals surface area (Å²) in [5, 5.41) is 2.81. The monoisotopic (exact) mass is 377 g/mol. The lowest BCUT2D eigenvalue weighted by Gasteiger charge is -2.13. The topological polar surface area (TPSA) is 64.6 Å². The molecule has 0 unspecified atom stereocenters. The van der Waals surface area contributed by atoms with Crippen molar-refractivity contribution in [2.24, 2.45) is 0 Å². The summed E-state index contributed by atoms with van der Waals surface area (Å²) in [6.45, 7) is 2.22. The van der Waals surface area contributed by atoms with Crippen LogP contribution in [0.2, 0.25) is 0 Å². The number of carbonyl (C=O) groups is 2. The Hall–Kier alpha value is -2.25. The number of ether oxygens (including phenoxy) is 2. The molecule has 1 aromatic heterocycles. The van der Waals surface area contributed by atoms with E-state index < -0.39 is 0 Å². The third-order valence-electron chi connectivity index (χ3n) is 4.14. The average molecular weight is 377 g/mol. The summed E-state index contributed by atoms with van der Waals surface area (Å²) >= 11 is 1.32. The molecule has 2 heterocycles. The fraction of sp³-hybridized carbons (Fsp3) is 0.368. The number of thiophene rings is 1. The van der Waals surface area contributed by atoms with Gasteiger partial charge < -0.3 is 14.8 Å². The zero-order valence-corrected chi connectivity index (χ0v) is 15.5. The number of fused-ring (bicyclic) bond motifs is 1. The quantitative estimate of drug-likeness (QED) is 0.753. The zero-order valence-electron chi connectivity index (χ0n) is 14.6. The van der Waals surface area contributed by atoms with Gasteiger partial charge in [-0.1, -0.05) is 0 Å². The second-order valence-corrected chi connectivity index (χ2v) is 7.24. The van der Waals surface area contributed by atoms with Crippen molar-refractivity contribution in [2.75, 3.05) is 20.3 Å². The number of methoxy groups -OCH3 is 1. The predicted molar refractivity (Wildman–Crippen MR) is 97.3 cm³/mol. The summed E-state index contributed by atoms with van der Waals surface area (Å²) in [5.74, 6) is 0.151. The van der Waals surface area contributed by atoms with Crippen LogP contribution >= 0.6 is 11.3 Å². The van der Waals surface area contributed by atoms with Crippen molar-refractivity contribution in [2.45, 2.75) is 25.9 Å². The maximum atomic E-state index is 14.1. The molecule has 1 atom stereocenters. The number of halogens is 1. The van der Waals surface area contributed by atoms with Crippen LogP contribution in [-0.4, -0.2) is 38.1 Å². The molecule has 0 aliphatic carbocycles. The smallest absolute Gasteiger partial charge is 0.222 e. The van der Waals surface area contributed by atoms with Crippen LogP contribution < -0.4 is 10.1 Å². The first-order chi connectivity index (χ1) is 12.5. The number of amides is 1. The van der Waals surface area contributed by atoms with Crippen LogP contribution in [0.25, 0.3) is 10.4 Å². The van der Waals surface area contributed by atoms with Crippen molar-refractivity contribution in [3.8, 4) is 16.2 Å². The van der Waals surface area contributed by atoms with E-state index in [-0.39, 0.29) is 23.6 Å². The maximum Gasteiger partial charge on any atom is 0.222 e. The summed E-state index contributed by atoms with van der Waals surface area (Å²) in [7, 11) is 1.54. The molecule has 0 radical (unpaired) electrons. The number of carbonyl (C=O) groups excluding carboxylic acids is 2. The molecule has 7 heteroatoms. The summed E-state index contributed by atoms with van der Waals surface area (Å²) in [5.41, 5.74) is 1.42. The molecule has 0 fully saturated rings. The van der Waals surface area contributed by atoms with Gasteiger partial charge in [-0.3, -0.25) is 9.59 Å². The van der Waals surface area contributed by atoms with Crippen LogP contribution in [0.5, 0.6) is 5.75 Å². The Kier molecular flexibility index (Phi) is 5.68. The highest BCUT2D eigenvalue weighted by atomic mass is 32.1. The van der Waals surface area contributed by atoms with Gasteiger partial charge in [0, 0.05) is 36.0 Å². The highest BCUT2D eigenvalue weighted by Crippen LogP contribution is 2.42. The summed E-state index contributed by atoms with van der Waals surface area (Å²) < 4.78 is 24.9. The van der Waals surface area contributed by atoms with Gasteiger partial charge >= 0.3 is 0 Å². The van der Waals surface area contributed by atoms with Gasteiger partial charge in [-0.05, 0) is 31.2 Å². The van der Waals surface area contributed by atoms with Gasteiger partial charge in [0.15, 0.2) is 5.78 Å². The molecule has 138 valence electrons. The molecule has 5 nitrogen and oxygen atoms in total. The fourth-order valence-corrected chi connectivity index (χ4v) is 3.79. The van der Waals surface area contributed by atoms with E-state index in [2.05, 4.69) is 5.32 Å². The highest BCUT2D eigenvalue weighted by molar-refractivity contribution is 7.17. The molecule has 3 rings (SSSR count). The molecule has 0 saturated heterocycles. The van der Waals surface area contributed by atoms with E-state index in [4.69, 9.17) is 9.47 Å². The van der Waals surface area contributed by atoms with Crippen LogP contribution in [0.3, 0.4) is 0 Å². The van der Waals surface area contributed by atoms with Crippen LogP contribution in [-0.2, 0) is 16.0 Å². The molecule has 0 saturated carbocycles. The zero-order chi connectivity index (χ0) is 18.7. The SMILES string of the molecule is COCCC(=O)NC[C@@H]1Cc2cc(F)cc(-c3ccc(C(C)=O)s3)c2O1. The van der Waals surface area contributed by atoms with Crippen molar-refractivity contribution < 1.29 is 23.5 Å². The largest absolute Gasteiger partial charge is 0.487 e. The van der Waals surface area contributed by atoms with Gasteiger partial charge in [0.1, 0.15) is 17.7 Å². The van der Waals surface area contributed by atoms with Crippen molar-refractivity contribution in [3.63, 3.8) is 0 Å². The molecule has 1 aliphatic heterocycles. The van der Waals surface area contributed by atoms with Gasteiger partial charge in [-0.2, -0.15) is 0 Å². The molecule has 1 amide bonds. The molecule has 2 aromatic rings. The van der Waals surface area contributed by atoms with Crippen molar-refractivity contribution >= 4 is 23.0 Å². The van der Waals surface area contributed by atoms with E-state index in [0.717, 1.165) is 10.4 Å². The summed E-state index contributed by atoms with van der Waals surface area (Å²) in [6.07, 6.45) is 0.568. The van der Waals surface area contributed by atoms with E-state index >= 15 is 0 Å². The van der Waals surface area contributed by atoms with E-state index in [1.54, 1.807) is 19.2 Å². The highest BCUT2D eigenvalue weighted by Gasteiger charge is 2.28. The normalized spacial score (nSPS) is 15.4. The van der Waals surface area contributed by atoms with Crippen molar-refractivity contribution in [1.29, 1.82) is 0 Å². The first-order valence-corrected chi connectivity index (χ1v) is 9.15. The number of hydrogen-bond acceptors (Lipinski definition) is 5. The Morgan fingerprint density at radius 3 is 2.88 bits per heavy atom. The predicted octanol–water partition coefficient (Wildman–Crippen LogP) is 3.21. The molecule has 0 bridgehead atoms. The van der Waals surface area contributed by atoms with Gasteiger partial charge in [0.25, 0.3) is 0 Å². The molecule has 1 aliphatic rings.